The first-order chi connectivity index (χ1) is 16.6. The van der Waals surface area contributed by atoms with Crippen molar-refractivity contribution >= 4 is 39.2 Å². The molecule has 4 aromatic rings. The number of carbonyl (C=O) groups excluding carboxylic acids is 1. The molecule has 34 heavy (non-hydrogen) atoms. The van der Waals surface area contributed by atoms with Crippen molar-refractivity contribution in [3.05, 3.63) is 70.6 Å². The van der Waals surface area contributed by atoms with Crippen LogP contribution in [0.2, 0.25) is 0 Å². The van der Waals surface area contributed by atoms with Crippen LogP contribution < -0.4 is 4.74 Å². The lowest BCUT2D eigenvalue weighted by Gasteiger charge is -2.34. The van der Waals surface area contributed by atoms with E-state index < -0.39 is 0 Å². The second-order valence-corrected chi connectivity index (χ2v) is 10.4. The molecule has 0 atom stereocenters. The maximum absolute atomic E-state index is 13.3. The van der Waals surface area contributed by atoms with Gasteiger partial charge in [-0.15, -0.1) is 23.1 Å². The van der Waals surface area contributed by atoms with Gasteiger partial charge in [-0.3, -0.25) is 9.69 Å². The summed E-state index contributed by atoms with van der Waals surface area (Å²) in [5, 5.41) is 5.14. The van der Waals surface area contributed by atoms with Gasteiger partial charge in [0.25, 0.3) is 5.91 Å². The average molecular weight is 495 g/mol. The molecule has 0 N–H and O–H groups in total. The SMILES string of the molecule is COc1ccc2nc(CN3CCN(C(=O)c4ccccc4SCc4cc(C)on4)CC3)sc2c1. The number of hydrogen-bond acceptors (Lipinski definition) is 8. The molecule has 7 nitrogen and oxygen atoms in total. The molecule has 3 heterocycles. The number of aromatic nitrogens is 2. The zero-order valence-corrected chi connectivity index (χ0v) is 20.8. The number of nitrogens with zero attached hydrogens (tertiary/aromatic N) is 4. The number of piperazine rings is 1. The van der Waals surface area contributed by atoms with Crippen molar-refractivity contribution in [2.45, 2.75) is 24.1 Å². The Labute approximate surface area is 206 Å². The number of thioether (sulfide) groups is 1. The molecule has 1 amide bonds. The third kappa shape index (κ3) is 5.11. The lowest BCUT2D eigenvalue weighted by molar-refractivity contribution is 0.0625. The third-order valence-corrected chi connectivity index (χ3v) is 7.94. The standard InChI is InChI=1S/C25H26N4O3S2/c1-17-13-18(27-32-17)16-33-22-6-4-3-5-20(22)25(30)29-11-9-28(10-12-29)15-24-26-21-8-7-19(31-2)14-23(21)34-24/h3-8,13-14H,9-12,15-16H2,1-2H3. The van der Waals surface area contributed by atoms with Gasteiger partial charge < -0.3 is 14.2 Å². The molecule has 1 aliphatic rings. The first-order valence-electron chi connectivity index (χ1n) is 11.2. The predicted molar refractivity (Wildman–Crippen MR) is 135 cm³/mol. The molecule has 0 bridgehead atoms. The molecular formula is C25H26N4O3S2. The first-order valence-corrected chi connectivity index (χ1v) is 13.0. The Hall–Kier alpha value is -2.88. The van der Waals surface area contributed by atoms with Gasteiger partial charge in [0.2, 0.25) is 0 Å². The van der Waals surface area contributed by atoms with Crippen molar-refractivity contribution in [1.29, 1.82) is 0 Å². The van der Waals surface area contributed by atoms with Crippen molar-refractivity contribution in [2.24, 2.45) is 0 Å². The highest BCUT2D eigenvalue weighted by atomic mass is 32.2. The van der Waals surface area contributed by atoms with Crippen LogP contribution >= 0.6 is 23.1 Å². The van der Waals surface area contributed by atoms with Gasteiger partial charge >= 0.3 is 0 Å². The zero-order chi connectivity index (χ0) is 23.5. The van der Waals surface area contributed by atoms with Crippen LogP contribution in [0.4, 0.5) is 0 Å². The number of thiazole rings is 1. The molecule has 0 aliphatic carbocycles. The Morgan fingerprint density at radius 3 is 2.74 bits per heavy atom. The normalized spacial score (nSPS) is 14.6. The van der Waals surface area contributed by atoms with E-state index in [9.17, 15) is 4.79 Å². The van der Waals surface area contributed by atoms with Crippen LogP contribution in [0, 0.1) is 6.92 Å². The molecular weight excluding hydrogens is 468 g/mol. The van der Waals surface area contributed by atoms with Crippen LogP contribution in [-0.4, -0.2) is 59.1 Å². The fraction of sp³-hybridized carbons (Fsp3) is 0.320. The third-order valence-electron chi connectivity index (χ3n) is 5.83. The van der Waals surface area contributed by atoms with Crippen LogP contribution in [0.1, 0.15) is 26.8 Å². The number of methoxy groups -OCH3 is 1. The quantitative estimate of drug-likeness (QED) is 0.340. The summed E-state index contributed by atoms with van der Waals surface area (Å²) in [4.78, 5) is 23.4. The minimum Gasteiger partial charge on any atom is -0.497 e. The molecule has 0 spiro atoms. The van der Waals surface area contributed by atoms with Crippen LogP contribution in [0.5, 0.6) is 5.75 Å². The number of fused-ring (bicyclic) bond motifs is 1. The van der Waals surface area contributed by atoms with E-state index >= 15 is 0 Å². The minimum absolute atomic E-state index is 0.0890. The van der Waals surface area contributed by atoms with E-state index in [0.717, 1.165) is 62.5 Å². The Balaban J connectivity index is 1.19. The second kappa shape index (κ2) is 10.2. The molecule has 2 aromatic carbocycles. The minimum atomic E-state index is 0.0890. The maximum atomic E-state index is 13.3. The smallest absolute Gasteiger partial charge is 0.255 e. The van der Waals surface area contributed by atoms with E-state index in [2.05, 4.69) is 10.1 Å². The van der Waals surface area contributed by atoms with Gasteiger partial charge in [-0.2, -0.15) is 0 Å². The summed E-state index contributed by atoms with van der Waals surface area (Å²) >= 11 is 3.32. The molecule has 1 saturated heterocycles. The first kappa shape index (κ1) is 22.9. The van der Waals surface area contributed by atoms with Gasteiger partial charge in [0, 0.05) is 42.9 Å². The fourth-order valence-electron chi connectivity index (χ4n) is 4.02. The Kier molecular flexibility index (Phi) is 6.85. The topological polar surface area (TPSA) is 71.7 Å². The molecule has 5 rings (SSSR count). The van der Waals surface area contributed by atoms with Crippen molar-refractivity contribution in [2.75, 3.05) is 33.3 Å². The van der Waals surface area contributed by atoms with E-state index in [4.69, 9.17) is 14.2 Å². The lowest BCUT2D eigenvalue weighted by atomic mass is 10.2. The van der Waals surface area contributed by atoms with E-state index in [1.165, 1.54) is 0 Å². The molecule has 1 aliphatic heterocycles. The van der Waals surface area contributed by atoms with Gasteiger partial charge in [0.15, 0.2) is 0 Å². The summed E-state index contributed by atoms with van der Waals surface area (Å²) in [6.07, 6.45) is 0. The van der Waals surface area contributed by atoms with Crippen molar-refractivity contribution in [3.8, 4) is 5.75 Å². The molecule has 0 saturated carbocycles. The van der Waals surface area contributed by atoms with Crippen LogP contribution in [0.25, 0.3) is 10.2 Å². The number of hydrogen-bond donors (Lipinski definition) is 0. The number of aryl methyl sites for hydroxylation is 1. The van der Waals surface area contributed by atoms with Gasteiger partial charge in [0.1, 0.15) is 16.5 Å². The molecule has 176 valence electrons. The van der Waals surface area contributed by atoms with Gasteiger partial charge in [-0.1, -0.05) is 17.3 Å². The van der Waals surface area contributed by atoms with Crippen LogP contribution in [0.15, 0.2) is 57.9 Å². The summed E-state index contributed by atoms with van der Waals surface area (Å²) in [5.41, 5.74) is 2.64. The molecule has 1 fully saturated rings. The number of ether oxygens (including phenoxy) is 1. The van der Waals surface area contributed by atoms with Crippen LogP contribution in [0.3, 0.4) is 0 Å². The highest BCUT2D eigenvalue weighted by Gasteiger charge is 2.24. The van der Waals surface area contributed by atoms with E-state index in [0.29, 0.717) is 18.8 Å². The summed E-state index contributed by atoms with van der Waals surface area (Å²) in [6.45, 7) is 5.76. The second-order valence-electron chi connectivity index (χ2n) is 8.22. The molecule has 0 unspecified atom stereocenters. The van der Waals surface area contributed by atoms with Gasteiger partial charge in [0.05, 0.1) is 35.1 Å². The number of rotatable bonds is 7. The van der Waals surface area contributed by atoms with E-state index in [1.54, 1.807) is 30.2 Å². The largest absolute Gasteiger partial charge is 0.497 e. The Bertz CT molecular complexity index is 1290. The van der Waals surface area contributed by atoms with Gasteiger partial charge in [-0.25, -0.2) is 4.98 Å². The van der Waals surface area contributed by atoms with E-state index in [1.807, 2.05) is 60.4 Å². The summed E-state index contributed by atoms with van der Waals surface area (Å²) in [6, 6.07) is 15.7. The highest BCUT2D eigenvalue weighted by Crippen LogP contribution is 2.29. The van der Waals surface area contributed by atoms with Gasteiger partial charge in [-0.05, 0) is 37.3 Å². The van der Waals surface area contributed by atoms with Crippen molar-refractivity contribution in [3.63, 3.8) is 0 Å². The average Bonchev–Trinajstić information content (AvgIpc) is 3.47. The predicted octanol–water partition coefficient (Wildman–Crippen LogP) is 4.85. The zero-order valence-electron chi connectivity index (χ0n) is 19.2. The fourth-order valence-corrected chi connectivity index (χ4v) is 5.99. The molecule has 9 heteroatoms. The molecule has 0 radical (unpaired) electrons. The highest BCUT2D eigenvalue weighted by molar-refractivity contribution is 7.98. The summed E-state index contributed by atoms with van der Waals surface area (Å²) in [5.74, 6) is 2.41. The lowest BCUT2D eigenvalue weighted by Crippen LogP contribution is -2.48. The Morgan fingerprint density at radius 2 is 1.97 bits per heavy atom. The Morgan fingerprint density at radius 1 is 1.15 bits per heavy atom. The van der Waals surface area contributed by atoms with Crippen molar-refractivity contribution in [1.82, 2.24) is 19.9 Å². The maximum Gasteiger partial charge on any atom is 0.255 e. The molecule has 2 aromatic heterocycles. The van der Waals surface area contributed by atoms with E-state index in [-0.39, 0.29) is 5.91 Å². The van der Waals surface area contributed by atoms with Crippen molar-refractivity contribution < 1.29 is 14.1 Å². The van der Waals surface area contributed by atoms with Crippen LogP contribution in [-0.2, 0) is 12.3 Å². The summed E-state index contributed by atoms with van der Waals surface area (Å²) in [7, 11) is 1.68. The monoisotopic (exact) mass is 494 g/mol. The number of amides is 1. The number of carbonyl (C=O) groups is 1. The number of benzene rings is 2. The summed E-state index contributed by atoms with van der Waals surface area (Å²) < 4.78 is 11.6.